The molecule has 1 atom stereocenters. The molecule has 0 aromatic heterocycles. The first-order valence-corrected chi connectivity index (χ1v) is 7.44. The number of carbonyl (C=O) groups excluding carboxylic acids is 1. The number of ether oxygens (including phenoxy) is 1. The molecular weight excluding hydrogens is 269 g/mol. The summed E-state index contributed by atoms with van der Waals surface area (Å²) in [5.74, 6) is -0.183. The molecule has 1 aliphatic heterocycles. The molecule has 0 N–H and O–H groups in total. The Morgan fingerprint density at radius 1 is 1.43 bits per heavy atom. The summed E-state index contributed by atoms with van der Waals surface area (Å²) in [6.45, 7) is 3.78. The molecule has 1 fully saturated rings. The highest BCUT2D eigenvalue weighted by molar-refractivity contribution is 5.77. The first kappa shape index (κ1) is 15.7. The molecule has 4 heteroatoms. The van der Waals surface area contributed by atoms with Crippen molar-refractivity contribution in [3.05, 3.63) is 47.8 Å². The predicted octanol–water partition coefficient (Wildman–Crippen LogP) is 3.30. The largest absolute Gasteiger partial charge is 0.376 e. The van der Waals surface area contributed by atoms with Crippen LogP contribution < -0.4 is 0 Å². The van der Waals surface area contributed by atoms with Gasteiger partial charge in [0.05, 0.1) is 6.10 Å². The Morgan fingerprint density at radius 2 is 2.19 bits per heavy atom. The Hall–Kier alpha value is -1.68. The van der Waals surface area contributed by atoms with Gasteiger partial charge in [-0.3, -0.25) is 4.79 Å². The summed E-state index contributed by atoms with van der Waals surface area (Å²) in [5.41, 5.74) is 0.934. The van der Waals surface area contributed by atoms with Crippen LogP contribution in [0.1, 0.15) is 31.7 Å². The lowest BCUT2D eigenvalue weighted by Crippen LogP contribution is -2.36. The summed E-state index contributed by atoms with van der Waals surface area (Å²) in [4.78, 5) is 14.1. The number of hydrogen-bond donors (Lipinski definition) is 0. The van der Waals surface area contributed by atoms with Gasteiger partial charge >= 0.3 is 0 Å². The normalized spacial score (nSPS) is 18.3. The molecule has 2 rings (SSSR count). The number of nitrogens with zero attached hydrogens (tertiary/aromatic N) is 1. The minimum atomic E-state index is -0.260. The molecule has 21 heavy (non-hydrogen) atoms. The Kier molecular flexibility index (Phi) is 5.93. The lowest BCUT2D eigenvalue weighted by molar-refractivity contribution is -0.132. The van der Waals surface area contributed by atoms with Gasteiger partial charge < -0.3 is 9.64 Å². The predicted molar refractivity (Wildman–Crippen MR) is 80.2 cm³/mol. The Morgan fingerprint density at radius 3 is 2.81 bits per heavy atom. The third kappa shape index (κ3) is 4.97. The zero-order valence-corrected chi connectivity index (χ0v) is 12.4. The molecular formula is C17H22FNO2. The van der Waals surface area contributed by atoms with Crippen LogP contribution in [0, 0.1) is 5.82 Å². The van der Waals surface area contributed by atoms with E-state index in [-0.39, 0.29) is 17.8 Å². The Labute approximate surface area is 125 Å². The van der Waals surface area contributed by atoms with Crippen LogP contribution in [0.4, 0.5) is 4.39 Å². The van der Waals surface area contributed by atoms with Gasteiger partial charge in [0.2, 0.25) is 5.91 Å². The second-order valence-electron chi connectivity index (χ2n) is 5.31. The Balaban J connectivity index is 2.02. The van der Waals surface area contributed by atoms with Crippen LogP contribution in [-0.2, 0) is 16.1 Å². The topological polar surface area (TPSA) is 29.5 Å². The highest BCUT2D eigenvalue weighted by Crippen LogP contribution is 2.16. The average molecular weight is 291 g/mol. The van der Waals surface area contributed by atoms with Gasteiger partial charge in [-0.05, 0) is 37.5 Å². The third-order valence-electron chi connectivity index (χ3n) is 3.62. The monoisotopic (exact) mass is 291 g/mol. The summed E-state index contributed by atoms with van der Waals surface area (Å²) in [7, 11) is 0. The average Bonchev–Trinajstić information content (AvgIpc) is 2.99. The molecule has 3 nitrogen and oxygen atoms in total. The molecule has 1 aromatic carbocycles. The van der Waals surface area contributed by atoms with Gasteiger partial charge in [0, 0.05) is 26.1 Å². The zero-order valence-electron chi connectivity index (χ0n) is 12.4. The van der Waals surface area contributed by atoms with Gasteiger partial charge in [-0.25, -0.2) is 4.39 Å². The first-order valence-electron chi connectivity index (χ1n) is 7.44. The lowest BCUT2D eigenvalue weighted by atomic mass is 10.1. The number of amides is 1. The van der Waals surface area contributed by atoms with E-state index in [2.05, 4.69) is 0 Å². The van der Waals surface area contributed by atoms with Crippen molar-refractivity contribution in [1.29, 1.82) is 0 Å². The molecule has 0 saturated carbocycles. The number of hydrogen-bond acceptors (Lipinski definition) is 2. The molecule has 1 heterocycles. The highest BCUT2D eigenvalue weighted by atomic mass is 19.1. The van der Waals surface area contributed by atoms with Crippen molar-refractivity contribution < 1.29 is 13.9 Å². The standard InChI is InChI=1S/C17H22FNO2/c1-2-3-6-17(20)19(13-16-5-4-11-21-16)12-14-7-9-15(18)10-8-14/h2-3,7-10,16H,4-6,11-13H2,1H3/b3-2+/t16-/m0/s1. The van der Waals surface area contributed by atoms with Crippen LogP contribution in [0.25, 0.3) is 0 Å². The summed E-state index contributed by atoms with van der Waals surface area (Å²) in [6.07, 6.45) is 6.30. The maximum absolute atomic E-state index is 13.0. The van der Waals surface area contributed by atoms with Crippen molar-refractivity contribution in [2.24, 2.45) is 0 Å². The summed E-state index contributed by atoms with van der Waals surface area (Å²) in [5, 5.41) is 0. The van der Waals surface area contributed by atoms with E-state index in [1.807, 2.05) is 24.0 Å². The summed E-state index contributed by atoms with van der Waals surface area (Å²) >= 11 is 0. The van der Waals surface area contributed by atoms with E-state index in [1.54, 1.807) is 12.1 Å². The maximum atomic E-state index is 13.0. The van der Waals surface area contributed by atoms with Gasteiger partial charge in [0.15, 0.2) is 0 Å². The van der Waals surface area contributed by atoms with Crippen molar-refractivity contribution >= 4 is 5.91 Å². The molecule has 0 aliphatic carbocycles. The van der Waals surface area contributed by atoms with Gasteiger partial charge in [-0.1, -0.05) is 24.3 Å². The van der Waals surface area contributed by atoms with Crippen molar-refractivity contribution in [3.63, 3.8) is 0 Å². The van der Waals surface area contributed by atoms with E-state index in [1.165, 1.54) is 12.1 Å². The number of rotatable bonds is 6. The minimum Gasteiger partial charge on any atom is -0.376 e. The fourth-order valence-corrected chi connectivity index (χ4v) is 2.45. The van der Waals surface area contributed by atoms with Gasteiger partial charge in [-0.2, -0.15) is 0 Å². The van der Waals surface area contributed by atoms with E-state index in [0.29, 0.717) is 19.5 Å². The number of carbonyl (C=O) groups is 1. The van der Waals surface area contributed by atoms with E-state index in [9.17, 15) is 9.18 Å². The molecule has 0 spiro atoms. The zero-order chi connectivity index (χ0) is 15.1. The molecule has 1 aromatic rings. The quantitative estimate of drug-likeness (QED) is 0.753. The van der Waals surface area contributed by atoms with Crippen molar-refractivity contribution in [2.45, 2.75) is 38.8 Å². The number of benzene rings is 1. The summed E-state index contributed by atoms with van der Waals surface area (Å²) < 4.78 is 18.6. The second kappa shape index (κ2) is 7.93. The van der Waals surface area contributed by atoms with Crippen molar-refractivity contribution in [3.8, 4) is 0 Å². The van der Waals surface area contributed by atoms with Gasteiger partial charge in [-0.15, -0.1) is 0 Å². The molecule has 0 bridgehead atoms. The molecule has 1 saturated heterocycles. The molecule has 0 unspecified atom stereocenters. The van der Waals surface area contributed by atoms with Gasteiger partial charge in [0.1, 0.15) is 5.82 Å². The van der Waals surface area contributed by atoms with Crippen LogP contribution in [0.2, 0.25) is 0 Å². The summed E-state index contributed by atoms with van der Waals surface area (Å²) in [6, 6.07) is 6.30. The second-order valence-corrected chi connectivity index (χ2v) is 5.31. The highest BCUT2D eigenvalue weighted by Gasteiger charge is 2.22. The van der Waals surface area contributed by atoms with E-state index < -0.39 is 0 Å². The SMILES string of the molecule is C/C=C/CC(=O)N(Cc1ccc(F)cc1)C[C@@H]1CCCO1. The minimum absolute atomic E-state index is 0.0768. The Bertz CT molecular complexity index is 478. The maximum Gasteiger partial charge on any atom is 0.226 e. The first-order chi connectivity index (χ1) is 10.2. The molecule has 1 amide bonds. The van der Waals surface area contributed by atoms with Crippen molar-refractivity contribution in [2.75, 3.05) is 13.2 Å². The van der Waals surface area contributed by atoms with Crippen LogP contribution in [-0.4, -0.2) is 30.1 Å². The lowest BCUT2D eigenvalue weighted by Gasteiger charge is -2.25. The van der Waals surface area contributed by atoms with Crippen LogP contribution in [0.3, 0.4) is 0 Å². The molecule has 0 radical (unpaired) electrons. The van der Waals surface area contributed by atoms with Gasteiger partial charge in [0.25, 0.3) is 0 Å². The molecule has 1 aliphatic rings. The fourth-order valence-electron chi connectivity index (χ4n) is 2.45. The van der Waals surface area contributed by atoms with E-state index in [4.69, 9.17) is 4.74 Å². The third-order valence-corrected chi connectivity index (χ3v) is 3.62. The van der Waals surface area contributed by atoms with Crippen LogP contribution in [0.15, 0.2) is 36.4 Å². The van der Waals surface area contributed by atoms with Crippen LogP contribution in [0.5, 0.6) is 0 Å². The van der Waals surface area contributed by atoms with Crippen molar-refractivity contribution in [1.82, 2.24) is 4.90 Å². The fraction of sp³-hybridized carbons (Fsp3) is 0.471. The smallest absolute Gasteiger partial charge is 0.226 e. The van der Waals surface area contributed by atoms with E-state index in [0.717, 1.165) is 25.0 Å². The van der Waals surface area contributed by atoms with E-state index >= 15 is 0 Å². The number of allylic oxidation sites excluding steroid dienone is 1. The molecule has 114 valence electrons. The number of halogens is 1. The van der Waals surface area contributed by atoms with Crippen LogP contribution >= 0.6 is 0 Å².